The monoisotopic (exact) mass is 226 g/mol. The minimum absolute atomic E-state index is 0.137. The lowest BCUT2D eigenvalue weighted by Crippen LogP contribution is -2.48. The first-order chi connectivity index (χ1) is 7.79. The van der Waals surface area contributed by atoms with Crippen LogP contribution in [0.5, 0.6) is 0 Å². The van der Waals surface area contributed by atoms with E-state index >= 15 is 0 Å². The second kappa shape index (κ2) is 5.99. The highest BCUT2D eigenvalue weighted by Crippen LogP contribution is 2.21. The van der Waals surface area contributed by atoms with Gasteiger partial charge in [-0.25, -0.2) is 0 Å². The van der Waals surface area contributed by atoms with Crippen LogP contribution < -0.4 is 5.32 Å². The van der Waals surface area contributed by atoms with Crippen molar-refractivity contribution in [2.75, 3.05) is 19.6 Å². The van der Waals surface area contributed by atoms with Gasteiger partial charge in [0.05, 0.1) is 6.10 Å². The van der Waals surface area contributed by atoms with Gasteiger partial charge in [0.1, 0.15) is 0 Å². The summed E-state index contributed by atoms with van der Waals surface area (Å²) in [6, 6.07) is 1.47. The maximum atomic E-state index is 9.76. The van der Waals surface area contributed by atoms with Gasteiger partial charge in [0.2, 0.25) is 0 Å². The molecule has 2 unspecified atom stereocenters. The molecule has 2 atom stereocenters. The van der Waals surface area contributed by atoms with Crippen molar-refractivity contribution in [3.63, 3.8) is 0 Å². The van der Waals surface area contributed by atoms with Gasteiger partial charge in [-0.2, -0.15) is 0 Å². The van der Waals surface area contributed by atoms with E-state index in [1.165, 1.54) is 38.6 Å². The maximum absolute atomic E-state index is 9.76. The molecular formula is C13H26N2O. The van der Waals surface area contributed by atoms with Crippen LogP contribution in [0.25, 0.3) is 0 Å². The number of likely N-dealkylation sites (tertiary alicyclic amines) is 1. The Bertz CT molecular complexity index is 206. The zero-order chi connectivity index (χ0) is 11.4. The molecule has 3 nitrogen and oxygen atoms in total. The van der Waals surface area contributed by atoms with Gasteiger partial charge in [-0.1, -0.05) is 13.3 Å². The van der Waals surface area contributed by atoms with Crippen LogP contribution in [0.4, 0.5) is 0 Å². The number of aliphatic hydroxyl groups is 1. The first-order valence-electron chi connectivity index (χ1n) is 6.95. The van der Waals surface area contributed by atoms with Gasteiger partial charge < -0.3 is 10.4 Å². The number of β-amino-alcohol motifs (C(OH)–C–C–N with tert-alkyl or cyclic N) is 1. The van der Waals surface area contributed by atoms with Crippen LogP contribution >= 0.6 is 0 Å². The molecule has 0 aromatic carbocycles. The molecule has 0 radical (unpaired) electrons. The summed E-state index contributed by atoms with van der Waals surface area (Å²) in [5.41, 5.74) is 0. The molecule has 1 aliphatic carbocycles. The summed E-state index contributed by atoms with van der Waals surface area (Å²) in [5, 5.41) is 13.4. The third-order valence-electron chi connectivity index (χ3n) is 3.89. The Morgan fingerprint density at radius 2 is 2.12 bits per heavy atom. The molecule has 0 aromatic heterocycles. The molecule has 1 saturated carbocycles. The van der Waals surface area contributed by atoms with Gasteiger partial charge in [-0.3, -0.25) is 4.90 Å². The van der Waals surface area contributed by atoms with Crippen molar-refractivity contribution in [2.45, 2.75) is 63.6 Å². The molecule has 0 spiro atoms. The van der Waals surface area contributed by atoms with Crippen LogP contribution in [0.2, 0.25) is 0 Å². The number of nitrogens with zero attached hydrogens (tertiary/aromatic N) is 1. The zero-order valence-corrected chi connectivity index (χ0v) is 10.5. The van der Waals surface area contributed by atoms with Crippen molar-refractivity contribution >= 4 is 0 Å². The van der Waals surface area contributed by atoms with Crippen LogP contribution in [0.15, 0.2) is 0 Å². The zero-order valence-electron chi connectivity index (χ0n) is 10.5. The highest BCUT2D eigenvalue weighted by atomic mass is 16.3. The van der Waals surface area contributed by atoms with E-state index in [1.54, 1.807) is 0 Å². The van der Waals surface area contributed by atoms with Crippen molar-refractivity contribution in [1.82, 2.24) is 10.2 Å². The lowest BCUT2D eigenvalue weighted by molar-refractivity contribution is 0.0651. The molecule has 2 aliphatic rings. The summed E-state index contributed by atoms with van der Waals surface area (Å²) in [6.07, 6.45) is 7.43. The van der Waals surface area contributed by atoms with E-state index < -0.39 is 0 Å². The average molecular weight is 226 g/mol. The van der Waals surface area contributed by atoms with E-state index in [-0.39, 0.29) is 6.10 Å². The highest BCUT2D eigenvalue weighted by Gasteiger charge is 2.27. The first kappa shape index (κ1) is 12.3. The Kier molecular flexibility index (Phi) is 4.62. The van der Waals surface area contributed by atoms with E-state index in [0.717, 1.165) is 25.6 Å². The van der Waals surface area contributed by atoms with Gasteiger partial charge in [-0.15, -0.1) is 0 Å². The standard InChI is InChI=1S/C13H26N2O/c1-2-13(16)10-15-8-4-3-5-12(15)9-14-11-6-7-11/h11-14,16H,2-10H2,1H3. The second-order valence-electron chi connectivity index (χ2n) is 5.39. The van der Waals surface area contributed by atoms with Gasteiger partial charge in [0.25, 0.3) is 0 Å². The van der Waals surface area contributed by atoms with Gasteiger partial charge in [0.15, 0.2) is 0 Å². The summed E-state index contributed by atoms with van der Waals surface area (Å²) in [5.74, 6) is 0. The molecule has 0 amide bonds. The van der Waals surface area contributed by atoms with Crippen LogP contribution in [0.3, 0.4) is 0 Å². The molecule has 0 bridgehead atoms. The Balaban J connectivity index is 1.75. The van der Waals surface area contributed by atoms with Crippen LogP contribution in [0.1, 0.15) is 45.4 Å². The molecule has 2 fully saturated rings. The number of piperidine rings is 1. The molecule has 94 valence electrons. The third kappa shape index (κ3) is 3.72. The SMILES string of the molecule is CCC(O)CN1CCCCC1CNC1CC1. The van der Waals surface area contributed by atoms with Crippen molar-refractivity contribution in [1.29, 1.82) is 0 Å². The van der Waals surface area contributed by atoms with Crippen molar-refractivity contribution < 1.29 is 5.11 Å². The van der Waals surface area contributed by atoms with Gasteiger partial charge >= 0.3 is 0 Å². The molecule has 2 N–H and O–H groups in total. The molecule has 1 aliphatic heterocycles. The third-order valence-corrected chi connectivity index (χ3v) is 3.89. The van der Waals surface area contributed by atoms with E-state index in [4.69, 9.17) is 0 Å². The predicted molar refractivity (Wildman–Crippen MR) is 66.5 cm³/mol. The summed E-state index contributed by atoms with van der Waals surface area (Å²) < 4.78 is 0. The lowest BCUT2D eigenvalue weighted by Gasteiger charge is -2.37. The average Bonchev–Trinajstić information content (AvgIpc) is 3.11. The normalized spacial score (nSPS) is 29.2. The topological polar surface area (TPSA) is 35.5 Å². The van der Waals surface area contributed by atoms with Crippen molar-refractivity contribution in [3.8, 4) is 0 Å². The molecular weight excluding hydrogens is 200 g/mol. The van der Waals surface area contributed by atoms with Crippen molar-refractivity contribution in [3.05, 3.63) is 0 Å². The number of rotatable bonds is 6. The fraction of sp³-hybridized carbons (Fsp3) is 1.00. The van der Waals surface area contributed by atoms with E-state index in [9.17, 15) is 5.11 Å². The fourth-order valence-corrected chi connectivity index (χ4v) is 2.52. The number of hydrogen-bond donors (Lipinski definition) is 2. The fourth-order valence-electron chi connectivity index (χ4n) is 2.52. The van der Waals surface area contributed by atoms with Gasteiger partial charge in [0, 0.05) is 25.2 Å². The predicted octanol–water partition coefficient (Wildman–Crippen LogP) is 1.36. The minimum Gasteiger partial charge on any atom is -0.392 e. The van der Waals surface area contributed by atoms with Crippen LogP contribution in [-0.2, 0) is 0 Å². The maximum Gasteiger partial charge on any atom is 0.0664 e. The van der Waals surface area contributed by atoms with Gasteiger partial charge in [-0.05, 0) is 38.6 Å². The van der Waals surface area contributed by atoms with E-state index in [2.05, 4.69) is 17.1 Å². The summed E-state index contributed by atoms with van der Waals surface area (Å²) in [6.45, 7) is 5.23. The minimum atomic E-state index is -0.137. The van der Waals surface area contributed by atoms with Crippen molar-refractivity contribution in [2.24, 2.45) is 0 Å². The number of hydrogen-bond acceptors (Lipinski definition) is 3. The summed E-state index contributed by atoms with van der Waals surface area (Å²) in [4.78, 5) is 2.49. The van der Waals surface area contributed by atoms with Crippen LogP contribution in [0, 0.1) is 0 Å². The molecule has 2 rings (SSSR count). The molecule has 0 aromatic rings. The number of aliphatic hydroxyl groups excluding tert-OH is 1. The quantitative estimate of drug-likeness (QED) is 0.718. The first-order valence-corrected chi connectivity index (χ1v) is 6.95. The van der Waals surface area contributed by atoms with E-state index in [1.807, 2.05) is 0 Å². The summed E-state index contributed by atoms with van der Waals surface area (Å²) in [7, 11) is 0. The van der Waals surface area contributed by atoms with Crippen LogP contribution in [-0.4, -0.2) is 47.8 Å². The number of nitrogens with one attached hydrogen (secondary N) is 1. The second-order valence-corrected chi connectivity index (χ2v) is 5.39. The molecule has 16 heavy (non-hydrogen) atoms. The van der Waals surface area contributed by atoms with E-state index in [0.29, 0.717) is 6.04 Å². The summed E-state index contributed by atoms with van der Waals surface area (Å²) >= 11 is 0. The smallest absolute Gasteiger partial charge is 0.0664 e. The Morgan fingerprint density at radius 1 is 1.31 bits per heavy atom. The lowest BCUT2D eigenvalue weighted by atomic mass is 10.0. The molecule has 3 heteroatoms. The molecule has 1 saturated heterocycles. The highest BCUT2D eigenvalue weighted by molar-refractivity contribution is 4.86. The largest absolute Gasteiger partial charge is 0.392 e. The Morgan fingerprint density at radius 3 is 2.81 bits per heavy atom. The Labute approximate surface area is 99.2 Å². The molecule has 1 heterocycles. The Hall–Kier alpha value is -0.120.